The molecule has 1 aliphatic heterocycles. The molecule has 30 heavy (non-hydrogen) atoms. The lowest BCUT2D eigenvalue weighted by atomic mass is 9.88. The maximum Gasteiger partial charge on any atom is 0.231 e. The standard InChI is InChI=1S/C25H23NO4/c1-16-21(18-4-2-3-17(11-18)14-27)7-6-20(26-16)13-24(28)25(9-10-25)19-5-8-22-23(12-19)30-15-29-22/h2-8,11-12,27H,9-10,13-15H2,1H3. The van der Waals surface area contributed by atoms with E-state index in [4.69, 9.17) is 14.5 Å². The van der Waals surface area contributed by atoms with Gasteiger partial charge in [0.05, 0.1) is 12.0 Å². The highest BCUT2D eigenvalue weighted by molar-refractivity contribution is 5.94. The van der Waals surface area contributed by atoms with Crippen LogP contribution in [-0.2, 0) is 23.2 Å². The minimum Gasteiger partial charge on any atom is -0.454 e. The third kappa shape index (κ3) is 3.25. The van der Waals surface area contributed by atoms with Gasteiger partial charge >= 0.3 is 0 Å². The zero-order valence-electron chi connectivity index (χ0n) is 16.9. The number of carbonyl (C=O) groups is 1. The molecule has 5 rings (SSSR count). The van der Waals surface area contributed by atoms with Crippen LogP contribution in [0.3, 0.4) is 0 Å². The Morgan fingerprint density at radius 2 is 1.90 bits per heavy atom. The highest BCUT2D eigenvalue weighted by atomic mass is 16.7. The van der Waals surface area contributed by atoms with Crippen molar-refractivity contribution in [1.29, 1.82) is 0 Å². The van der Waals surface area contributed by atoms with Gasteiger partial charge in [-0.05, 0) is 60.7 Å². The van der Waals surface area contributed by atoms with Crippen molar-refractivity contribution in [2.24, 2.45) is 0 Å². The summed E-state index contributed by atoms with van der Waals surface area (Å²) in [4.78, 5) is 17.9. The van der Waals surface area contributed by atoms with Crippen molar-refractivity contribution in [2.75, 3.05) is 6.79 Å². The number of hydrogen-bond acceptors (Lipinski definition) is 5. The van der Waals surface area contributed by atoms with Gasteiger partial charge < -0.3 is 14.6 Å². The Labute approximate surface area is 175 Å². The molecule has 1 aliphatic carbocycles. The van der Waals surface area contributed by atoms with E-state index in [9.17, 15) is 9.90 Å². The summed E-state index contributed by atoms with van der Waals surface area (Å²) in [6.07, 6.45) is 2.03. The molecule has 1 aromatic heterocycles. The molecule has 0 saturated heterocycles. The van der Waals surface area contributed by atoms with E-state index in [1.54, 1.807) is 0 Å². The first kappa shape index (κ1) is 18.8. The van der Waals surface area contributed by atoms with Gasteiger partial charge in [-0.25, -0.2) is 0 Å². The number of rotatable bonds is 6. The minimum absolute atomic E-state index is 0.00877. The number of fused-ring (bicyclic) bond motifs is 1. The van der Waals surface area contributed by atoms with Crippen molar-refractivity contribution in [3.63, 3.8) is 0 Å². The van der Waals surface area contributed by atoms with Crippen LogP contribution in [0.2, 0.25) is 0 Å². The van der Waals surface area contributed by atoms with E-state index in [1.165, 1.54) is 0 Å². The zero-order chi connectivity index (χ0) is 20.7. The highest BCUT2D eigenvalue weighted by Gasteiger charge is 2.50. The van der Waals surface area contributed by atoms with Gasteiger partial charge in [-0.15, -0.1) is 0 Å². The lowest BCUT2D eigenvalue weighted by Crippen LogP contribution is -2.23. The summed E-state index contributed by atoms with van der Waals surface area (Å²) >= 11 is 0. The number of Topliss-reactive ketones (excluding diaryl/α,β-unsaturated/α-hetero) is 1. The molecule has 2 aliphatic rings. The third-order valence-electron chi connectivity index (χ3n) is 6.11. The molecular formula is C25H23NO4. The number of aliphatic hydroxyl groups excluding tert-OH is 1. The van der Waals surface area contributed by atoms with Crippen molar-refractivity contribution in [3.05, 3.63) is 77.1 Å². The topological polar surface area (TPSA) is 68.7 Å². The number of pyridine rings is 1. The van der Waals surface area contributed by atoms with Crippen LogP contribution in [0.5, 0.6) is 11.5 Å². The minimum atomic E-state index is -0.426. The van der Waals surface area contributed by atoms with Crippen LogP contribution in [0.4, 0.5) is 0 Å². The third-order valence-corrected chi connectivity index (χ3v) is 6.11. The summed E-state index contributed by atoms with van der Waals surface area (Å²) in [5.41, 5.74) is 5.14. The SMILES string of the molecule is Cc1nc(CC(=O)C2(c3ccc4c(c3)OCO4)CC2)ccc1-c1cccc(CO)c1. The van der Waals surface area contributed by atoms with Crippen LogP contribution in [0.1, 0.15) is 35.4 Å². The van der Waals surface area contributed by atoms with Crippen molar-refractivity contribution in [2.45, 2.75) is 38.2 Å². The molecule has 1 fully saturated rings. The normalized spacial score (nSPS) is 15.8. The van der Waals surface area contributed by atoms with Gasteiger partial charge in [0.15, 0.2) is 11.5 Å². The van der Waals surface area contributed by atoms with Gasteiger partial charge in [-0.2, -0.15) is 0 Å². The second-order valence-electron chi connectivity index (χ2n) is 8.04. The summed E-state index contributed by atoms with van der Waals surface area (Å²) in [7, 11) is 0. The Morgan fingerprint density at radius 3 is 2.67 bits per heavy atom. The Hall–Kier alpha value is -3.18. The lowest BCUT2D eigenvalue weighted by molar-refractivity contribution is -0.120. The Kier molecular flexibility index (Phi) is 4.55. The van der Waals surface area contributed by atoms with E-state index >= 15 is 0 Å². The van der Waals surface area contributed by atoms with Gasteiger partial charge in [0.25, 0.3) is 0 Å². The van der Waals surface area contributed by atoms with Crippen LogP contribution >= 0.6 is 0 Å². The van der Waals surface area contributed by atoms with Crippen LogP contribution in [-0.4, -0.2) is 22.7 Å². The number of aryl methyl sites for hydroxylation is 1. The van der Waals surface area contributed by atoms with Gasteiger partial charge in [0.2, 0.25) is 6.79 Å². The smallest absolute Gasteiger partial charge is 0.231 e. The molecule has 0 amide bonds. The average molecular weight is 401 g/mol. The summed E-state index contributed by atoms with van der Waals surface area (Å²) in [6.45, 7) is 2.20. The summed E-state index contributed by atoms with van der Waals surface area (Å²) in [5, 5.41) is 9.38. The van der Waals surface area contributed by atoms with E-state index in [1.807, 2.05) is 61.5 Å². The van der Waals surface area contributed by atoms with Gasteiger partial charge in [0, 0.05) is 23.4 Å². The number of nitrogens with zero attached hydrogens (tertiary/aromatic N) is 1. The van der Waals surface area contributed by atoms with Crippen LogP contribution < -0.4 is 9.47 Å². The number of ether oxygens (including phenoxy) is 2. The molecule has 1 saturated carbocycles. The number of ketones is 1. The Morgan fingerprint density at radius 1 is 1.07 bits per heavy atom. The summed E-state index contributed by atoms with van der Waals surface area (Å²) < 4.78 is 10.9. The first-order valence-electron chi connectivity index (χ1n) is 10.2. The number of carbonyl (C=O) groups excluding carboxylic acids is 1. The maximum absolute atomic E-state index is 13.2. The molecule has 0 bridgehead atoms. The van der Waals surface area contributed by atoms with E-state index in [0.717, 1.165) is 58.0 Å². The largest absolute Gasteiger partial charge is 0.454 e. The van der Waals surface area contributed by atoms with Crippen LogP contribution in [0, 0.1) is 6.92 Å². The molecule has 0 unspecified atom stereocenters. The maximum atomic E-state index is 13.2. The van der Waals surface area contributed by atoms with Gasteiger partial charge in [-0.3, -0.25) is 9.78 Å². The van der Waals surface area contributed by atoms with E-state index in [0.29, 0.717) is 6.42 Å². The fourth-order valence-corrected chi connectivity index (χ4v) is 4.24. The summed E-state index contributed by atoms with van der Waals surface area (Å²) in [6, 6.07) is 17.6. The number of aliphatic hydroxyl groups is 1. The van der Waals surface area contributed by atoms with Crippen molar-refractivity contribution in [1.82, 2.24) is 4.98 Å². The molecule has 5 heteroatoms. The first-order valence-corrected chi connectivity index (χ1v) is 10.2. The number of aromatic nitrogens is 1. The molecule has 2 heterocycles. The zero-order valence-corrected chi connectivity index (χ0v) is 16.9. The second-order valence-corrected chi connectivity index (χ2v) is 8.04. The fraction of sp³-hybridized carbons (Fsp3) is 0.280. The molecule has 3 aromatic rings. The molecular weight excluding hydrogens is 378 g/mol. The lowest BCUT2D eigenvalue weighted by Gasteiger charge is -2.15. The molecule has 0 atom stereocenters. The fourth-order valence-electron chi connectivity index (χ4n) is 4.24. The first-order chi connectivity index (χ1) is 14.6. The molecule has 2 aromatic carbocycles. The van der Waals surface area contributed by atoms with E-state index in [2.05, 4.69) is 0 Å². The summed E-state index contributed by atoms with van der Waals surface area (Å²) in [5.74, 6) is 1.65. The molecule has 1 N–H and O–H groups in total. The molecule has 0 radical (unpaired) electrons. The van der Waals surface area contributed by atoms with Crippen molar-refractivity contribution < 1.29 is 19.4 Å². The van der Waals surface area contributed by atoms with Crippen molar-refractivity contribution in [3.8, 4) is 22.6 Å². The average Bonchev–Trinajstić information content (AvgIpc) is 3.45. The number of hydrogen-bond donors (Lipinski definition) is 1. The molecule has 152 valence electrons. The van der Waals surface area contributed by atoms with Crippen LogP contribution in [0.25, 0.3) is 11.1 Å². The van der Waals surface area contributed by atoms with E-state index in [-0.39, 0.29) is 19.2 Å². The predicted molar refractivity (Wildman–Crippen MR) is 113 cm³/mol. The predicted octanol–water partition coefficient (Wildman–Crippen LogP) is 4.12. The molecule has 5 nitrogen and oxygen atoms in total. The number of benzene rings is 2. The Bertz CT molecular complexity index is 1130. The quantitative estimate of drug-likeness (QED) is 0.673. The highest BCUT2D eigenvalue weighted by Crippen LogP contribution is 2.51. The van der Waals surface area contributed by atoms with Crippen molar-refractivity contribution >= 4 is 5.78 Å². The second kappa shape index (κ2) is 7.26. The van der Waals surface area contributed by atoms with Gasteiger partial charge in [-0.1, -0.05) is 30.3 Å². The van der Waals surface area contributed by atoms with E-state index < -0.39 is 5.41 Å². The van der Waals surface area contributed by atoms with Crippen LogP contribution in [0.15, 0.2) is 54.6 Å². The van der Waals surface area contributed by atoms with Gasteiger partial charge in [0.1, 0.15) is 5.78 Å². The Balaban J connectivity index is 1.37. The molecule has 0 spiro atoms. The monoisotopic (exact) mass is 401 g/mol.